The number of carbonyl (C=O) groups is 2. The average Bonchev–Trinajstić information content (AvgIpc) is 2.78. The Kier molecular flexibility index (Phi) is 10.4. The molecule has 0 aliphatic heterocycles. The van der Waals surface area contributed by atoms with Gasteiger partial charge in [-0.1, -0.05) is 54.7 Å². The van der Waals surface area contributed by atoms with Gasteiger partial charge < -0.3 is 10.2 Å². The molecule has 2 amide bonds. The van der Waals surface area contributed by atoms with Crippen molar-refractivity contribution in [3.8, 4) is 0 Å². The number of benzene rings is 2. The predicted octanol–water partition coefficient (Wildman–Crippen LogP) is 4.71. The summed E-state index contributed by atoms with van der Waals surface area (Å²) in [6.07, 6.45) is 2.77. The number of halogens is 2. The van der Waals surface area contributed by atoms with E-state index in [4.69, 9.17) is 23.2 Å². The number of rotatable bonds is 11. The van der Waals surface area contributed by atoms with Crippen LogP contribution in [0.3, 0.4) is 0 Å². The second-order valence-corrected chi connectivity index (χ2v) is 11.3. The lowest BCUT2D eigenvalue weighted by Gasteiger charge is -2.32. The molecule has 0 aliphatic carbocycles. The van der Waals surface area contributed by atoms with Gasteiger partial charge in [0.1, 0.15) is 12.6 Å². The fourth-order valence-corrected chi connectivity index (χ4v) is 4.97. The summed E-state index contributed by atoms with van der Waals surface area (Å²) in [5, 5.41) is 3.54. The second-order valence-electron chi connectivity index (χ2n) is 8.60. The molecule has 0 heterocycles. The van der Waals surface area contributed by atoms with Crippen LogP contribution >= 0.6 is 23.2 Å². The zero-order valence-corrected chi connectivity index (χ0v) is 23.1. The first-order valence-corrected chi connectivity index (χ1v) is 14.0. The molecule has 0 aromatic heterocycles. The van der Waals surface area contributed by atoms with E-state index in [-0.39, 0.29) is 12.5 Å². The molecule has 192 valence electrons. The lowest BCUT2D eigenvalue weighted by atomic mass is 10.1. The van der Waals surface area contributed by atoms with Crippen LogP contribution in [0.1, 0.15) is 43.4 Å². The molecule has 2 rings (SSSR count). The minimum absolute atomic E-state index is 0.0515. The van der Waals surface area contributed by atoms with Gasteiger partial charge in [-0.3, -0.25) is 13.9 Å². The van der Waals surface area contributed by atoms with Crippen molar-refractivity contribution in [3.05, 3.63) is 63.1 Å². The number of hydrogen-bond acceptors (Lipinski definition) is 4. The highest BCUT2D eigenvalue weighted by atomic mass is 35.5. The van der Waals surface area contributed by atoms with Crippen molar-refractivity contribution >= 4 is 50.7 Å². The van der Waals surface area contributed by atoms with Crippen LogP contribution in [0, 0.1) is 13.8 Å². The maximum absolute atomic E-state index is 13.6. The minimum atomic E-state index is -3.81. The van der Waals surface area contributed by atoms with Crippen LogP contribution in [0.15, 0.2) is 36.4 Å². The van der Waals surface area contributed by atoms with E-state index in [1.807, 2.05) is 19.9 Å². The van der Waals surface area contributed by atoms with E-state index in [2.05, 4.69) is 5.32 Å². The first kappa shape index (κ1) is 28.9. The van der Waals surface area contributed by atoms with Gasteiger partial charge in [-0.2, -0.15) is 0 Å². The molecule has 0 bridgehead atoms. The van der Waals surface area contributed by atoms with Gasteiger partial charge in [0, 0.05) is 28.7 Å². The molecule has 7 nitrogen and oxygen atoms in total. The van der Waals surface area contributed by atoms with Crippen molar-refractivity contribution in [2.45, 2.75) is 53.1 Å². The summed E-state index contributed by atoms with van der Waals surface area (Å²) in [7, 11) is -3.81. The number of nitrogens with zero attached hydrogens (tertiary/aromatic N) is 2. The molecule has 10 heteroatoms. The van der Waals surface area contributed by atoms with E-state index in [0.29, 0.717) is 33.4 Å². The number of hydrogen-bond donors (Lipinski definition) is 1. The molecule has 1 atom stereocenters. The number of nitrogens with one attached hydrogen (secondary N) is 1. The van der Waals surface area contributed by atoms with Crippen LogP contribution in [0.25, 0.3) is 0 Å². The number of carbonyl (C=O) groups excluding carboxylic acids is 2. The number of amides is 2. The molecule has 2 aromatic rings. The maximum Gasteiger partial charge on any atom is 0.244 e. The molecule has 0 fully saturated rings. The summed E-state index contributed by atoms with van der Waals surface area (Å²) < 4.78 is 26.5. The van der Waals surface area contributed by atoms with Gasteiger partial charge in [0.15, 0.2) is 0 Å². The zero-order valence-electron chi connectivity index (χ0n) is 20.8. The highest BCUT2D eigenvalue weighted by Crippen LogP contribution is 2.28. The molecule has 0 unspecified atom stereocenters. The Morgan fingerprint density at radius 2 is 1.71 bits per heavy atom. The van der Waals surface area contributed by atoms with E-state index in [9.17, 15) is 18.0 Å². The van der Waals surface area contributed by atoms with E-state index in [0.717, 1.165) is 29.0 Å². The first-order chi connectivity index (χ1) is 16.4. The largest absolute Gasteiger partial charge is 0.354 e. The van der Waals surface area contributed by atoms with Crippen molar-refractivity contribution in [1.29, 1.82) is 0 Å². The maximum atomic E-state index is 13.6. The third-order valence-corrected chi connectivity index (χ3v) is 7.53. The number of aryl methyl sites for hydroxylation is 2. The van der Waals surface area contributed by atoms with Gasteiger partial charge in [0.25, 0.3) is 0 Å². The summed E-state index contributed by atoms with van der Waals surface area (Å²) in [5.41, 5.74) is 2.46. The molecule has 1 N–H and O–H groups in total. The smallest absolute Gasteiger partial charge is 0.244 e. The van der Waals surface area contributed by atoms with Gasteiger partial charge in [0.05, 0.1) is 11.9 Å². The Bertz CT molecular complexity index is 1150. The molecule has 2 aromatic carbocycles. The summed E-state index contributed by atoms with van der Waals surface area (Å²) in [5.74, 6) is -0.891. The van der Waals surface area contributed by atoms with Crippen LogP contribution < -0.4 is 9.62 Å². The Labute approximate surface area is 218 Å². The molecule has 0 spiro atoms. The van der Waals surface area contributed by atoms with Crippen LogP contribution in [0.5, 0.6) is 0 Å². The molecule has 35 heavy (non-hydrogen) atoms. The highest BCUT2D eigenvalue weighted by molar-refractivity contribution is 7.92. The Balaban J connectivity index is 2.45. The van der Waals surface area contributed by atoms with Crippen LogP contribution in [0.2, 0.25) is 10.0 Å². The lowest BCUT2D eigenvalue weighted by Crippen LogP contribution is -2.51. The number of unbranched alkanes of at least 4 members (excludes halogenated alkanes) is 1. The van der Waals surface area contributed by atoms with Crippen molar-refractivity contribution in [2.24, 2.45) is 0 Å². The third kappa shape index (κ3) is 7.85. The standard InChI is InChI=1S/C25H33Cl2N3O4S/c1-6-7-13-28-25(32)19(4)29(15-20-21(26)9-8-10-22(20)27)24(31)16-30(35(5,33)34)23-14-17(2)11-12-18(23)3/h8-12,14,19H,6-7,13,15-16H2,1-5H3,(H,28,32)/t19-/m0/s1. The zero-order chi connectivity index (χ0) is 26.3. The summed E-state index contributed by atoms with van der Waals surface area (Å²) in [4.78, 5) is 27.8. The lowest BCUT2D eigenvalue weighted by molar-refractivity contribution is -0.139. The Morgan fingerprint density at radius 3 is 2.29 bits per heavy atom. The van der Waals surface area contributed by atoms with Gasteiger partial charge >= 0.3 is 0 Å². The first-order valence-electron chi connectivity index (χ1n) is 11.4. The molecule has 0 saturated carbocycles. The van der Waals surface area contributed by atoms with Crippen molar-refractivity contribution < 1.29 is 18.0 Å². The van der Waals surface area contributed by atoms with Gasteiger partial charge in [-0.05, 0) is 56.5 Å². The van der Waals surface area contributed by atoms with Crippen molar-refractivity contribution in [2.75, 3.05) is 23.7 Å². The fraction of sp³-hybridized carbons (Fsp3) is 0.440. The fourth-order valence-electron chi connectivity index (χ4n) is 3.56. The minimum Gasteiger partial charge on any atom is -0.354 e. The van der Waals surface area contributed by atoms with Crippen LogP contribution in [-0.4, -0.2) is 50.5 Å². The monoisotopic (exact) mass is 541 g/mol. The second kappa shape index (κ2) is 12.6. The van der Waals surface area contributed by atoms with E-state index < -0.39 is 28.5 Å². The normalized spacial score (nSPS) is 12.2. The van der Waals surface area contributed by atoms with E-state index in [1.54, 1.807) is 44.2 Å². The molecular weight excluding hydrogens is 509 g/mol. The van der Waals surface area contributed by atoms with Gasteiger partial charge in [-0.25, -0.2) is 8.42 Å². The van der Waals surface area contributed by atoms with Crippen LogP contribution in [-0.2, 0) is 26.2 Å². The number of sulfonamides is 1. The van der Waals surface area contributed by atoms with Crippen molar-refractivity contribution in [3.63, 3.8) is 0 Å². The summed E-state index contributed by atoms with van der Waals surface area (Å²) >= 11 is 12.7. The predicted molar refractivity (Wildman–Crippen MR) is 142 cm³/mol. The van der Waals surface area contributed by atoms with E-state index >= 15 is 0 Å². The SMILES string of the molecule is CCCCNC(=O)[C@H](C)N(Cc1c(Cl)cccc1Cl)C(=O)CN(c1cc(C)ccc1C)S(C)(=O)=O. The molecule has 0 aliphatic rings. The van der Waals surface area contributed by atoms with Crippen LogP contribution in [0.4, 0.5) is 5.69 Å². The Hall–Kier alpha value is -2.29. The van der Waals surface area contributed by atoms with Crippen molar-refractivity contribution in [1.82, 2.24) is 10.2 Å². The topological polar surface area (TPSA) is 86.8 Å². The third-order valence-electron chi connectivity index (χ3n) is 5.70. The molecular formula is C25H33Cl2N3O4S. The van der Waals surface area contributed by atoms with Gasteiger partial charge in [0.2, 0.25) is 21.8 Å². The molecule has 0 radical (unpaired) electrons. The summed E-state index contributed by atoms with van der Waals surface area (Å²) in [6, 6.07) is 9.50. The van der Waals surface area contributed by atoms with Gasteiger partial charge in [-0.15, -0.1) is 0 Å². The number of anilines is 1. The van der Waals surface area contributed by atoms with E-state index in [1.165, 1.54) is 4.90 Å². The highest BCUT2D eigenvalue weighted by Gasteiger charge is 2.31. The molecule has 0 saturated heterocycles. The quantitative estimate of drug-likeness (QED) is 0.417. The summed E-state index contributed by atoms with van der Waals surface area (Å²) in [6.45, 7) is 7.20. The average molecular weight is 543 g/mol. The Morgan fingerprint density at radius 1 is 1.09 bits per heavy atom.